The zero-order chi connectivity index (χ0) is 22.4. The van der Waals surface area contributed by atoms with Crippen LogP contribution in [0.3, 0.4) is 0 Å². The van der Waals surface area contributed by atoms with Crippen LogP contribution < -0.4 is 20.7 Å². The summed E-state index contributed by atoms with van der Waals surface area (Å²) in [6, 6.07) is 10.2. The Labute approximate surface area is 182 Å². The second-order valence-corrected chi connectivity index (χ2v) is 8.38. The van der Waals surface area contributed by atoms with E-state index in [0.717, 1.165) is 40.1 Å². The van der Waals surface area contributed by atoms with Crippen LogP contribution in [0.1, 0.15) is 35.2 Å². The highest BCUT2D eigenvalue weighted by Gasteiger charge is 2.26. The van der Waals surface area contributed by atoms with Crippen molar-refractivity contribution in [3.63, 3.8) is 0 Å². The molecule has 2 heterocycles. The predicted octanol–water partition coefficient (Wildman–Crippen LogP) is 4.15. The topological polar surface area (TPSA) is 57.8 Å². The number of aryl methyl sites for hydroxylation is 3. The van der Waals surface area contributed by atoms with E-state index >= 15 is 0 Å². The lowest BCUT2D eigenvalue weighted by Gasteiger charge is -2.28. The number of hydrogen-bond donors (Lipinski definition) is 0. The third-order valence-corrected chi connectivity index (χ3v) is 6.07. The molecule has 1 aliphatic rings. The summed E-state index contributed by atoms with van der Waals surface area (Å²) in [5, 5.41) is 0. The number of rotatable bonds is 3. The second-order valence-electron chi connectivity index (χ2n) is 8.38. The lowest BCUT2D eigenvalue weighted by molar-refractivity contribution is 0.354. The van der Waals surface area contributed by atoms with Crippen molar-refractivity contribution in [2.45, 2.75) is 40.2 Å². The van der Waals surface area contributed by atoms with E-state index in [1.165, 1.54) is 5.56 Å². The summed E-state index contributed by atoms with van der Waals surface area (Å²) in [5.41, 5.74) is 7.79. The van der Waals surface area contributed by atoms with Crippen LogP contribution in [0, 0.1) is 20.8 Å². The van der Waals surface area contributed by atoms with Gasteiger partial charge in [-0.05, 0) is 62.9 Å². The fraction of sp³-hybridized carbons (Fsp3) is 0.360. The monoisotopic (exact) mass is 419 g/mol. The molecule has 0 radical (unpaired) electrons. The smallest absolute Gasteiger partial charge is 0.330 e. The van der Waals surface area contributed by atoms with Crippen molar-refractivity contribution in [2.75, 3.05) is 14.2 Å². The summed E-state index contributed by atoms with van der Waals surface area (Å²) in [4.78, 5) is 18.3. The number of ether oxygens (including phenoxy) is 2. The predicted molar refractivity (Wildman–Crippen MR) is 123 cm³/mol. The SMILES string of the molecule is COc1cc2c(cc1OC)-c1c/c(=N/c3c(C)cc(C)cc3C)n(C)c(=O)n1[C@@H](C)C2. The molecule has 0 saturated carbocycles. The van der Waals surface area contributed by atoms with Crippen molar-refractivity contribution in [1.29, 1.82) is 0 Å². The van der Waals surface area contributed by atoms with Crippen molar-refractivity contribution in [3.8, 4) is 22.8 Å². The molecule has 2 aromatic carbocycles. The molecule has 0 fully saturated rings. The van der Waals surface area contributed by atoms with Gasteiger partial charge >= 0.3 is 5.69 Å². The Kier molecular flexibility index (Phi) is 5.25. The maximum atomic E-state index is 13.4. The van der Waals surface area contributed by atoms with Crippen LogP contribution in [0.5, 0.6) is 11.5 Å². The Morgan fingerprint density at radius 1 is 0.968 bits per heavy atom. The highest BCUT2D eigenvalue weighted by atomic mass is 16.5. The van der Waals surface area contributed by atoms with Gasteiger partial charge in [-0.15, -0.1) is 0 Å². The minimum atomic E-state index is -0.0772. The molecule has 31 heavy (non-hydrogen) atoms. The van der Waals surface area contributed by atoms with E-state index in [0.29, 0.717) is 17.0 Å². The van der Waals surface area contributed by atoms with Crippen LogP contribution in [-0.4, -0.2) is 23.4 Å². The number of methoxy groups -OCH3 is 2. The van der Waals surface area contributed by atoms with Gasteiger partial charge in [0.2, 0.25) is 0 Å². The molecule has 6 heteroatoms. The van der Waals surface area contributed by atoms with E-state index in [2.05, 4.69) is 39.8 Å². The molecule has 4 rings (SSSR count). The van der Waals surface area contributed by atoms with Crippen molar-refractivity contribution in [1.82, 2.24) is 9.13 Å². The number of benzene rings is 2. The molecule has 0 amide bonds. The molecule has 1 aromatic heterocycles. The van der Waals surface area contributed by atoms with Crippen molar-refractivity contribution in [3.05, 3.63) is 68.6 Å². The molecular formula is C25H29N3O3. The first kappa shape index (κ1) is 21.0. The van der Waals surface area contributed by atoms with Crippen LogP contribution in [0.2, 0.25) is 0 Å². The van der Waals surface area contributed by atoms with Gasteiger partial charge in [0.15, 0.2) is 11.5 Å². The molecule has 0 unspecified atom stereocenters. The fourth-order valence-corrected chi connectivity index (χ4v) is 4.59. The van der Waals surface area contributed by atoms with Gasteiger partial charge in [0.1, 0.15) is 5.49 Å². The standard InChI is InChI=1S/C25H29N3O3/c1-14-8-15(2)24(16(3)9-14)26-23-13-20-19-12-22(31-7)21(30-6)11-18(19)10-17(4)28(20)25(29)27(23)5/h8-9,11-13,17H,10H2,1-7H3/b26-23-/t17-/m0/s1. The summed E-state index contributed by atoms with van der Waals surface area (Å²) in [7, 11) is 5.04. The van der Waals surface area contributed by atoms with E-state index in [9.17, 15) is 4.79 Å². The van der Waals surface area contributed by atoms with E-state index in [1.54, 1.807) is 25.8 Å². The Morgan fingerprint density at radius 3 is 2.19 bits per heavy atom. The Morgan fingerprint density at radius 2 is 1.58 bits per heavy atom. The molecule has 0 bridgehead atoms. The maximum absolute atomic E-state index is 13.4. The molecule has 0 saturated heterocycles. The minimum Gasteiger partial charge on any atom is -0.493 e. The first-order chi connectivity index (χ1) is 14.7. The van der Waals surface area contributed by atoms with Gasteiger partial charge in [-0.1, -0.05) is 17.7 Å². The van der Waals surface area contributed by atoms with E-state index in [1.807, 2.05) is 22.8 Å². The third kappa shape index (κ3) is 3.46. The van der Waals surface area contributed by atoms with Gasteiger partial charge < -0.3 is 9.47 Å². The van der Waals surface area contributed by atoms with Gasteiger partial charge in [-0.3, -0.25) is 9.13 Å². The first-order valence-corrected chi connectivity index (χ1v) is 10.5. The van der Waals surface area contributed by atoms with Crippen molar-refractivity contribution < 1.29 is 9.47 Å². The largest absolute Gasteiger partial charge is 0.493 e. The number of nitrogens with zero attached hydrogens (tertiary/aromatic N) is 3. The van der Waals surface area contributed by atoms with Gasteiger partial charge in [0, 0.05) is 24.7 Å². The number of hydrogen-bond acceptors (Lipinski definition) is 4. The van der Waals surface area contributed by atoms with Crippen LogP contribution in [-0.2, 0) is 13.5 Å². The van der Waals surface area contributed by atoms with Crippen LogP contribution in [0.4, 0.5) is 5.69 Å². The van der Waals surface area contributed by atoms with E-state index in [-0.39, 0.29) is 11.7 Å². The number of fused-ring (bicyclic) bond motifs is 3. The summed E-state index contributed by atoms with van der Waals surface area (Å²) >= 11 is 0. The Hall–Kier alpha value is -3.28. The molecule has 1 atom stereocenters. The second kappa shape index (κ2) is 7.76. The average Bonchev–Trinajstić information content (AvgIpc) is 2.72. The van der Waals surface area contributed by atoms with E-state index in [4.69, 9.17) is 14.5 Å². The lowest BCUT2D eigenvalue weighted by Crippen LogP contribution is -2.41. The zero-order valence-corrected chi connectivity index (χ0v) is 19.2. The van der Waals surface area contributed by atoms with Crippen LogP contribution >= 0.6 is 0 Å². The van der Waals surface area contributed by atoms with E-state index < -0.39 is 0 Å². The third-order valence-electron chi connectivity index (χ3n) is 6.07. The summed E-state index contributed by atoms with van der Waals surface area (Å²) in [5.74, 6) is 1.34. The van der Waals surface area contributed by atoms with Crippen molar-refractivity contribution >= 4 is 5.69 Å². The number of aromatic nitrogens is 2. The fourth-order valence-electron chi connectivity index (χ4n) is 4.59. The quantitative estimate of drug-likeness (QED) is 0.641. The van der Waals surface area contributed by atoms with Gasteiger partial charge in [-0.2, -0.15) is 0 Å². The maximum Gasteiger partial charge on any atom is 0.330 e. The molecule has 1 aliphatic heterocycles. The Bertz CT molecular complexity index is 1290. The summed E-state index contributed by atoms with van der Waals surface area (Å²) in [6.07, 6.45) is 0.745. The van der Waals surface area contributed by atoms with Gasteiger partial charge in [-0.25, -0.2) is 9.79 Å². The first-order valence-electron chi connectivity index (χ1n) is 10.5. The molecular weight excluding hydrogens is 390 g/mol. The molecule has 3 aromatic rings. The summed E-state index contributed by atoms with van der Waals surface area (Å²) < 4.78 is 14.5. The zero-order valence-electron chi connectivity index (χ0n) is 19.2. The summed E-state index contributed by atoms with van der Waals surface area (Å²) in [6.45, 7) is 8.25. The Balaban J connectivity index is 2.03. The minimum absolute atomic E-state index is 0.0243. The lowest BCUT2D eigenvalue weighted by atomic mass is 9.93. The van der Waals surface area contributed by atoms with Crippen molar-refractivity contribution in [2.24, 2.45) is 12.0 Å². The normalized spacial score (nSPS) is 15.5. The highest BCUT2D eigenvalue weighted by molar-refractivity contribution is 5.70. The highest BCUT2D eigenvalue weighted by Crippen LogP contribution is 2.40. The van der Waals surface area contributed by atoms with Gasteiger partial charge in [0.05, 0.1) is 25.6 Å². The molecule has 6 nitrogen and oxygen atoms in total. The molecule has 0 aliphatic carbocycles. The molecule has 162 valence electrons. The van der Waals surface area contributed by atoms with Crippen LogP contribution in [0.15, 0.2) is 40.1 Å². The molecule has 0 N–H and O–H groups in total. The van der Waals surface area contributed by atoms with Crippen LogP contribution in [0.25, 0.3) is 11.3 Å². The average molecular weight is 420 g/mol. The molecule has 0 spiro atoms. The van der Waals surface area contributed by atoms with Gasteiger partial charge in [0.25, 0.3) is 0 Å².